The number of nitrogens with two attached hydrogens (primary N) is 1. The van der Waals surface area contributed by atoms with Gasteiger partial charge in [-0.2, -0.15) is 0 Å². The number of amides is 1. The quantitative estimate of drug-likeness (QED) is 0.660. The molecule has 0 aliphatic heterocycles. The first-order chi connectivity index (χ1) is 9.43. The summed E-state index contributed by atoms with van der Waals surface area (Å²) in [4.78, 5) is 12.4. The molecule has 0 atom stereocenters. The van der Waals surface area contributed by atoms with Crippen molar-refractivity contribution in [2.45, 2.75) is 30.4 Å². The van der Waals surface area contributed by atoms with E-state index in [2.05, 4.69) is 5.32 Å². The van der Waals surface area contributed by atoms with Gasteiger partial charge < -0.3 is 10.1 Å². The number of sulfonamides is 1. The van der Waals surface area contributed by atoms with Gasteiger partial charge in [-0.05, 0) is 31.9 Å². The number of nitrogens with one attached hydrogen (secondary N) is 1. The maximum Gasteiger partial charge on any atom is 0.247 e. The summed E-state index contributed by atoms with van der Waals surface area (Å²) >= 11 is 1.13. The first-order valence-electron chi connectivity index (χ1n) is 6.39. The van der Waals surface area contributed by atoms with E-state index in [0.717, 1.165) is 16.2 Å². The largest absolute Gasteiger partial charge is 0.382 e. The minimum absolute atomic E-state index is 0.0204. The van der Waals surface area contributed by atoms with Crippen molar-refractivity contribution in [3.8, 4) is 0 Å². The van der Waals surface area contributed by atoms with Gasteiger partial charge in [0, 0.05) is 31.1 Å². The van der Waals surface area contributed by atoms with Crippen LogP contribution in [0.15, 0.2) is 16.3 Å². The highest BCUT2D eigenvalue weighted by atomic mass is 32.2. The molecule has 1 aromatic heterocycles. The third-order valence-corrected chi connectivity index (χ3v) is 5.09. The lowest BCUT2D eigenvalue weighted by atomic mass is 10.3. The molecule has 0 unspecified atom stereocenters. The van der Waals surface area contributed by atoms with Gasteiger partial charge in [0.25, 0.3) is 0 Å². The number of thiophene rings is 1. The molecule has 0 aliphatic rings. The molecular formula is C12H20N2O4S2. The van der Waals surface area contributed by atoms with Crippen LogP contribution in [0.3, 0.4) is 0 Å². The molecule has 1 aromatic rings. The van der Waals surface area contributed by atoms with Crippen LogP contribution in [0, 0.1) is 0 Å². The van der Waals surface area contributed by atoms with Crippen LogP contribution in [0.25, 0.3) is 0 Å². The Morgan fingerprint density at radius 2 is 2.20 bits per heavy atom. The smallest absolute Gasteiger partial charge is 0.247 e. The first kappa shape index (κ1) is 17.1. The normalized spacial score (nSPS) is 11.5. The van der Waals surface area contributed by atoms with E-state index in [0.29, 0.717) is 39.0 Å². The Hall–Kier alpha value is -0.960. The number of hydrogen-bond donors (Lipinski definition) is 2. The molecule has 3 N–H and O–H groups in total. The van der Waals surface area contributed by atoms with E-state index < -0.39 is 10.0 Å². The molecule has 8 heteroatoms. The number of rotatable bonds is 9. The van der Waals surface area contributed by atoms with Crippen molar-refractivity contribution < 1.29 is 17.9 Å². The SMILES string of the molecule is CCOCCCC(=O)NCCc1ccc(S(N)(=O)=O)s1. The fourth-order valence-electron chi connectivity index (χ4n) is 1.54. The van der Waals surface area contributed by atoms with Gasteiger partial charge in [0.15, 0.2) is 0 Å². The predicted molar refractivity (Wildman–Crippen MR) is 78.1 cm³/mol. The summed E-state index contributed by atoms with van der Waals surface area (Å²) in [6.07, 6.45) is 1.73. The van der Waals surface area contributed by atoms with Gasteiger partial charge in [-0.1, -0.05) is 0 Å². The average Bonchev–Trinajstić information content (AvgIpc) is 2.83. The summed E-state index contributed by atoms with van der Waals surface area (Å²) < 4.78 is 27.5. The van der Waals surface area contributed by atoms with Crippen LogP contribution < -0.4 is 10.5 Å². The summed E-state index contributed by atoms with van der Waals surface area (Å²) in [5, 5.41) is 7.82. The summed E-state index contributed by atoms with van der Waals surface area (Å²) in [5.74, 6) is -0.0204. The van der Waals surface area contributed by atoms with Gasteiger partial charge in [0.1, 0.15) is 4.21 Å². The van der Waals surface area contributed by atoms with Crippen molar-refractivity contribution in [1.29, 1.82) is 0 Å². The molecule has 1 amide bonds. The zero-order chi connectivity index (χ0) is 15.0. The third-order valence-electron chi connectivity index (χ3n) is 2.51. The second-order valence-corrected chi connectivity index (χ2v) is 7.12. The highest BCUT2D eigenvalue weighted by Crippen LogP contribution is 2.20. The lowest BCUT2D eigenvalue weighted by Gasteiger charge is -2.04. The lowest BCUT2D eigenvalue weighted by molar-refractivity contribution is -0.121. The number of carbonyl (C=O) groups excluding carboxylic acids is 1. The zero-order valence-corrected chi connectivity index (χ0v) is 13.1. The third kappa shape index (κ3) is 6.47. The Morgan fingerprint density at radius 3 is 2.80 bits per heavy atom. The molecule has 1 rings (SSSR count). The molecule has 0 spiro atoms. The Kier molecular flexibility index (Phi) is 7.14. The Morgan fingerprint density at radius 1 is 1.45 bits per heavy atom. The highest BCUT2D eigenvalue weighted by Gasteiger charge is 2.11. The number of primary sulfonamides is 1. The summed E-state index contributed by atoms with van der Waals surface area (Å²) in [5.41, 5.74) is 0. The molecule has 0 fully saturated rings. The molecule has 0 aliphatic carbocycles. The minimum atomic E-state index is -3.62. The summed E-state index contributed by atoms with van der Waals surface area (Å²) in [6, 6.07) is 3.20. The van der Waals surface area contributed by atoms with Crippen molar-refractivity contribution in [2.24, 2.45) is 5.14 Å². The molecule has 20 heavy (non-hydrogen) atoms. The van der Waals surface area contributed by atoms with E-state index in [4.69, 9.17) is 9.88 Å². The Balaban J connectivity index is 2.24. The van der Waals surface area contributed by atoms with Gasteiger partial charge in [-0.15, -0.1) is 11.3 Å². The van der Waals surface area contributed by atoms with Crippen molar-refractivity contribution in [3.63, 3.8) is 0 Å². The van der Waals surface area contributed by atoms with Gasteiger partial charge >= 0.3 is 0 Å². The molecule has 0 saturated carbocycles. The van der Waals surface area contributed by atoms with Crippen LogP contribution in [-0.4, -0.2) is 34.1 Å². The molecule has 114 valence electrons. The fraction of sp³-hybridized carbons (Fsp3) is 0.583. The van der Waals surface area contributed by atoms with E-state index >= 15 is 0 Å². The highest BCUT2D eigenvalue weighted by molar-refractivity contribution is 7.91. The van der Waals surface area contributed by atoms with Crippen LogP contribution >= 0.6 is 11.3 Å². The number of hydrogen-bond acceptors (Lipinski definition) is 5. The molecule has 0 saturated heterocycles. The molecule has 0 aromatic carbocycles. The predicted octanol–water partition coefficient (Wildman–Crippen LogP) is 0.871. The van der Waals surface area contributed by atoms with E-state index in [1.165, 1.54) is 6.07 Å². The Bertz CT molecular complexity index is 525. The maximum atomic E-state index is 11.5. The van der Waals surface area contributed by atoms with Crippen LogP contribution in [0.5, 0.6) is 0 Å². The maximum absolute atomic E-state index is 11.5. The van der Waals surface area contributed by atoms with Crippen molar-refractivity contribution in [3.05, 3.63) is 17.0 Å². The monoisotopic (exact) mass is 320 g/mol. The number of carbonyl (C=O) groups is 1. The lowest BCUT2D eigenvalue weighted by Crippen LogP contribution is -2.25. The average molecular weight is 320 g/mol. The van der Waals surface area contributed by atoms with Crippen molar-refractivity contribution >= 4 is 27.3 Å². The van der Waals surface area contributed by atoms with Crippen molar-refractivity contribution in [1.82, 2.24) is 5.32 Å². The topological polar surface area (TPSA) is 98.5 Å². The molecular weight excluding hydrogens is 300 g/mol. The second kappa shape index (κ2) is 8.35. The van der Waals surface area contributed by atoms with Gasteiger partial charge in [0.2, 0.25) is 15.9 Å². The van der Waals surface area contributed by atoms with Crippen molar-refractivity contribution in [2.75, 3.05) is 19.8 Å². The van der Waals surface area contributed by atoms with Crippen LogP contribution in [-0.2, 0) is 26.0 Å². The van der Waals surface area contributed by atoms with Crippen LogP contribution in [0.1, 0.15) is 24.6 Å². The summed E-state index contributed by atoms with van der Waals surface area (Å²) in [6.45, 7) is 3.65. The van der Waals surface area contributed by atoms with Gasteiger partial charge in [-0.3, -0.25) is 4.79 Å². The Labute approximate surface area is 123 Å². The van der Waals surface area contributed by atoms with E-state index in [9.17, 15) is 13.2 Å². The molecule has 0 radical (unpaired) electrons. The molecule has 6 nitrogen and oxygen atoms in total. The standard InChI is InChI=1S/C12H20N2O4S2/c1-2-18-9-3-4-11(15)14-8-7-10-5-6-12(19-10)20(13,16)17/h5-6H,2-4,7-9H2,1H3,(H,14,15)(H2,13,16,17). The van der Waals surface area contributed by atoms with Crippen LogP contribution in [0.2, 0.25) is 0 Å². The van der Waals surface area contributed by atoms with Gasteiger partial charge in [-0.25, -0.2) is 13.6 Å². The molecule has 1 heterocycles. The van der Waals surface area contributed by atoms with Crippen LogP contribution in [0.4, 0.5) is 0 Å². The number of ether oxygens (including phenoxy) is 1. The molecule has 0 bridgehead atoms. The fourth-order valence-corrected chi connectivity index (χ4v) is 3.32. The summed E-state index contributed by atoms with van der Waals surface area (Å²) in [7, 11) is -3.62. The van der Waals surface area contributed by atoms with E-state index in [-0.39, 0.29) is 10.1 Å². The van der Waals surface area contributed by atoms with Gasteiger partial charge in [0.05, 0.1) is 0 Å². The second-order valence-electron chi connectivity index (χ2n) is 4.17. The van der Waals surface area contributed by atoms with E-state index in [1.54, 1.807) is 6.07 Å². The minimum Gasteiger partial charge on any atom is -0.382 e. The zero-order valence-electron chi connectivity index (χ0n) is 11.4. The first-order valence-corrected chi connectivity index (χ1v) is 8.75. The van der Waals surface area contributed by atoms with E-state index in [1.807, 2.05) is 6.92 Å².